The van der Waals surface area contributed by atoms with Crippen molar-refractivity contribution < 1.29 is 14.8 Å². The summed E-state index contributed by atoms with van der Waals surface area (Å²) in [6.45, 7) is 0. The minimum atomic E-state index is -1.54. The maximum Gasteiger partial charge on any atom is 0.488 e. The minimum absolute atomic E-state index is 0.384. The van der Waals surface area contributed by atoms with Crippen molar-refractivity contribution in [1.82, 2.24) is 10.2 Å². The molecule has 0 aliphatic carbocycles. The first-order chi connectivity index (χ1) is 10.6. The largest absolute Gasteiger partial charge is 0.496 e. The summed E-state index contributed by atoms with van der Waals surface area (Å²) < 4.78 is 5.35. The Bertz CT molecular complexity index is 839. The van der Waals surface area contributed by atoms with Crippen molar-refractivity contribution in [2.75, 3.05) is 12.8 Å². The Morgan fingerprint density at radius 3 is 2.68 bits per heavy atom. The number of ether oxygens (including phenoxy) is 1. The standard InChI is InChI=1S/C15H14BN3O3/c1-22-15-5-3-10(16(20)21)7-12(15)9-2-4-11-13(17)8-18-19-14(11)6-9/h2-8,20-21H,1H3,(H2,17,19). The zero-order chi connectivity index (χ0) is 15.7. The normalized spacial score (nSPS) is 10.7. The lowest BCUT2D eigenvalue weighted by molar-refractivity contribution is 0.415. The number of hydrogen-bond donors (Lipinski definition) is 3. The van der Waals surface area contributed by atoms with Gasteiger partial charge in [0.05, 0.1) is 24.5 Å². The van der Waals surface area contributed by atoms with Gasteiger partial charge in [-0.25, -0.2) is 0 Å². The smallest absolute Gasteiger partial charge is 0.488 e. The van der Waals surface area contributed by atoms with Crippen molar-refractivity contribution in [3.63, 3.8) is 0 Å². The molecule has 0 saturated heterocycles. The molecule has 1 aromatic heterocycles. The molecule has 7 heteroatoms. The second-order valence-corrected chi connectivity index (χ2v) is 4.87. The first-order valence-corrected chi connectivity index (χ1v) is 6.65. The highest BCUT2D eigenvalue weighted by Crippen LogP contribution is 2.31. The zero-order valence-electron chi connectivity index (χ0n) is 11.9. The van der Waals surface area contributed by atoms with Gasteiger partial charge >= 0.3 is 7.12 Å². The van der Waals surface area contributed by atoms with E-state index in [1.54, 1.807) is 25.3 Å². The number of rotatable bonds is 3. The van der Waals surface area contributed by atoms with Gasteiger partial charge in [-0.1, -0.05) is 18.2 Å². The maximum atomic E-state index is 9.34. The Hall–Kier alpha value is -2.64. The molecule has 22 heavy (non-hydrogen) atoms. The number of benzene rings is 2. The molecule has 1 heterocycles. The predicted molar refractivity (Wildman–Crippen MR) is 85.8 cm³/mol. The van der Waals surface area contributed by atoms with E-state index in [2.05, 4.69) is 10.2 Å². The number of anilines is 1. The van der Waals surface area contributed by atoms with Crippen molar-refractivity contribution in [3.8, 4) is 16.9 Å². The topological polar surface area (TPSA) is 101 Å². The first-order valence-electron chi connectivity index (χ1n) is 6.65. The van der Waals surface area contributed by atoms with Gasteiger partial charge < -0.3 is 20.5 Å². The fourth-order valence-corrected chi connectivity index (χ4v) is 2.36. The third-order valence-corrected chi connectivity index (χ3v) is 3.50. The average Bonchev–Trinajstić information content (AvgIpc) is 2.54. The Morgan fingerprint density at radius 1 is 1.14 bits per heavy atom. The molecule has 110 valence electrons. The fraction of sp³-hybridized carbons (Fsp3) is 0.0667. The van der Waals surface area contributed by atoms with Gasteiger partial charge in [-0.3, -0.25) is 0 Å². The highest BCUT2D eigenvalue weighted by Gasteiger charge is 2.15. The first kappa shape index (κ1) is 14.3. The van der Waals surface area contributed by atoms with Crippen LogP contribution < -0.4 is 15.9 Å². The van der Waals surface area contributed by atoms with E-state index in [0.717, 1.165) is 16.5 Å². The van der Waals surface area contributed by atoms with Gasteiger partial charge in [0.15, 0.2) is 0 Å². The van der Waals surface area contributed by atoms with Gasteiger partial charge in [0.2, 0.25) is 0 Å². The SMILES string of the molecule is COc1ccc(B(O)O)cc1-c1ccc2c(N)cnnc2c1. The molecule has 3 aromatic rings. The van der Waals surface area contributed by atoms with Crippen LogP contribution in [0, 0.1) is 0 Å². The summed E-state index contributed by atoms with van der Waals surface area (Å²) in [4.78, 5) is 0. The van der Waals surface area contributed by atoms with Crippen molar-refractivity contribution in [1.29, 1.82) is 0 Å². The van der Waals surface area contributed by atoms with Crippen LogP contribution in [-0.2, 0) is 0 Å². The molecular weight excluding hydrogens is 281 g/mol. The van der Waals surface area contributed by atoms with E-state index in [1.165, 1.54) is 6.20 Å². The molecule has 0 radical (unpaired) electrons. The van der Waals surface area contributed by atoms with E-state index in [0.29, 0.717) is 22.4 Å². The highest BCUT2D eigenvalue weighted by atomic mass is 16.5. The summed E-state index contributed by atoms with van der Waals surface area (Å²) in [5.74, 6) is 0.626. The van der Waals surface area contributed by atoms with Crippen LogP contribution in [0.3, 0.4) is 0 Å². The third kappa shape index (κ3) is 2.47. The van der Waals surface area contributed by atoms with Crippen LogP contribution in [0.4, 0.5) is 5.69 Å². The van der Waals surface area contributed by atoms with Gasteiger partial charge in [0.1, 0.15) is 5.75 Å². The Kier molecular flexibility index (Phi) is 3.66. The van der Waals surface area contributed by atoms with E-state index in [1.807, 2.05) is 18.2 Å². The average molecular weight is 295 g/mol. The fourth-order valence-electron chi connectivity index (χ4n) is 2.36. The van der Waals surface area contributed by atoms with E-state index in [4.69, 9.17) is 10.5 Å². The second-order valence-electron chi connectivity index (χ2n) is 4.87. The molecule has 0 aliphatic heterocycles. The van der Waals surface area contributed by atoms with Crippen LogP contribution in [0.1, 0.15) is 0 Å². The van der Waals surface area contributed by atoms with Crippen molar-refractivity contribution >= 4 is 29.2 Å². The molecule has 6 nitrogen and oxygen atoms in total. The molecule has 3 rings (SSSR count). The van der Waals surface area contributed by atoms with Crippen molar-refractivity contribution in [2.45, 2.75) is 0 Å². The quantitative estimate of drug-likeness (QED) is 0.611. The summed E-state index contributed by atoms with van der Waals surface area (Å²) in [5, 5.41) is 27.4. The van der Waals surface area contributed by atoms with Gasteiger partial charge in [-0.15, -0.1) is 0 Å². The maximum absolute atomic E-state index is 9.34. The van der Waals surface area contributed by atoms with Gasteiger partial charge in [0, 0.05) is 10.9 Å². The van der Waals surface area contributed by atoms with E-state index in [-0.39, 0.29) is 0 Å². The van der Waals surface area contributed by atoms with Crippen LogP contribution in [0.25, 0.3) is 22.0 Å². The highest BCUT2D eigenvalue weighted by molar-refractivity contribution is 6.58. The molecule has 0 amide bonds. The number of aromatic nitrogens is 2. The Labute approximate surface area is 127 Å². The number of fused-ring (bicyclic) bond motifs is 1. The molecule has 2 aromatic carbocycles. The van der Waals surface area contributed by atoms with E-state index in [9.17, 15) is 10.0 Å². The second kappa shape index (κ2) is 5.63. The monoisotopic (exact) mass is 295 g/mol. The van der Waals surface area contributed by atoms with Crippen LogP contribution in [0.5, 0.6) is 5.75 Å². The van der Waals surface area contributed by atoms with E-state index >= 15 is 0 Å². The summed E-state index contributed by atoms with van der Waals surface area (Å²) in [6.07, 6.45) is 1.51. The zero-order valence-corrected chi connectivity index (χ0v) is 11.9. The van der Waals surface area contributed by atoms with Crippen LogP contribution >= 0.6 is 0 Å². The molecule has 0 fully saturated rings. The molecule has 0 atom stereocenters. The minimum Gasteiger partial charge on any atom is -0.496 e. The summed E-state index contributed by atoms with van der Waals surface area (Å²) in [6, 6.07) is 10.5. The summed E-state index contributed by atoms with van der Waals surface area (Å²) in [5.41, 5.74) is 9.04. The van der Waals surface area contributed by atoms with Crippen molar-refractivity contribution in [2.24, 2.45) is 0 Å². The van der Waals surface area contributed by atoms with Crippen LogP contribution in [0.15, 0.2) is 42.6 Å². The number of nitrogen functional groups attached to an aromatic ring is 1. The Balaban J connectivity index is 2.19. The molecule has 0 bridgehead atoms. The molecule has 0 unspecified atom stereocenters. The van der Waals surface area contributed by atoms with Gasteiger partial charge in [-0.2, -0.15) is 10.2 Å². The predicted octanol–water partition coefficient (Wildman–Crippen LogP) is 0.567. The lowest BCUT2D eigenvalue weighted by atomic mass is 9.79. The van der Waals surface area contributed by atoms with Crippen LogP contribution in [0.2, 0.25) is 0 Å². The number of hydrogen-bond acceptors (Lipinski definition) is 6. The lowest BCUT2D eigenvalue weighted by Gasteiger charge is -2.11. The van der Waals surface area contributed by atoms with Gasteiger partial charge in [-0.05, 0) is 29.2 Å². The number of nitrogens with two attached hydrogens (primary N) is 1. The summed E-state index contributed by atoms with van der Waals surface area (Å²) in [7, 11) is 0.0211. The van der Waals surface area contributed by atoms with Crippen molar-refractivity contribution in [3.05, 3.63) is 42.6 Å². The lowest BCUT2D eigenvalue weighted by Crippen LogP contribution is -2.29. The molecule has 0 saturated carbocycles. The van der Waals surface area contributed by atoms with Crippen LogP contribution in [-0.4, -0.2) is 34.5 Å². The third-order valence-electron chi connectivity index (χ3n) is 3.50. The summed E-state index contributed by atoms with van der Waals surface area (Å²) >= 11 is 0. The Morgan fingerprint density at radius 2 is 1.95 bits per heavy atom. The molecular formula is C15H14BN3O3. The molecule has 0 spiro atoms. The number of methoxy groups -OCH3 is 1. The molecule has 0 aliphatic rings. The van der Waals surface area contributed by atoms with E-state index < -0.39 is 7.12 Å². The van der Waals surface area contributed by atoms with Gasteiger partial charge in [0.25, 0.3) is 0 Å². The molecule has 4 N–H and O–H groups in total. The number of nitrogens with zero attached hydrogens (tertiary/aromatic N) is 2.